The molecule has 0 bridgehead atoms. The molecule has 0 saturated carbocycles. The van der Waals surface area contributed by atoms with Crippen molar-refractivity contribution in [3.63, 3.8) is 0 Å². The van der Waals surface area contributed by atoms with E-state index in [1.54, 1.807) is 33.8 Å². The van der Waals surface area contributed by atoms with E-state index in [9.17, 15) is 14.4 Å². The predicted molar refractivity (Wildman–Crippen MR) is 120 cm³/mol. The summed E-state index contributed by atoms with van der Waals surface area (Å²) in [6, 6.07) is -1.39. The van der Waals surface area contributed by atoms with E-state index in [1.807, 2.05) is 13.8 Å². The smallest absolute Gasteiger partial charge is 0.408 e. The maximum Gasteiger partial charge on any atom is 0.408 e. The minimum atomic E-state index is -0.706. The molecule has 1 rings (SSSR count). The predicted octanol–water partition coefficient (Wildman–Crippen LogP) is 3.63. The number of carbonyl (C=O) groups is 3. The number of ether oxygens (including phenoxy) is 4. The van der Waals surface area contributed by atoms with Gasteiger partial charge in [0.05, 0.1) is 30.9 Å². The van der Waals surface area contributed by atoms with Crippen molar-refractivity contribution in [1.29, 1.82) is 0 Å². The zero-order valence-electron chi connectivity index (χ0n) is 20.1. The SMILES string of the molecule is C=CCOC(=O)N[C@H]1CC(C(=O)OCC)=C[C@@H](OC(CC)CC)[C@@H]1NC(=O)OC(C)(C)C. The lowest BCUT2D eigenvalue weighted by Gasteiger charge is -2.38. The fraction of sp³-hybridized carbons (Fsp3) is 0.696. The molecule has 0 aromatic carbocycles. The molecule has 1 aliphatic carbocycles. The van der Waals surface area contributed by atoms with Crippen LogP contribution in [0.4, 0.5) is 9.59 Å². The molecule has 1 aliphatic rings. The first-order valence-electron chi connectivity index (χ1n) is 11.1. The van der Waals surface area contributed by atoms with Crippen LogP contribution in [0, 0.1) is 0 Å². The van der Waals surface area contributed by atoms with Crippen molar-refractivity contribution >= 4 is 18.2 Å². The average molecular weight is 455 g/mol. The highest BCUT2D eigenvalue weighted by atomic mass is 16.6. The molecular formula is C23H38N2O7. The van der Waals surface area contributed by atoms with Gasteiger partial charge in [0.25, 0.3) is 0 Å². The molecular weight excluding hydrogens is 416 g/mol. The normalized spacial score (nSPS) is 20.7. The summed E-state index contributed by atoms with van der Waals surface area (Å²) in [5.74, 6) is -0.493. The second-order valence-electron chi connectivity index (χ2n) is 8.47. The van der Waals surface area contributed by atoms with E-state index in [1.165, 1.54) is 6.08 Å². The quantitative estimate of drug-likeness (QED) is 0.294. The third kappa shape index (κ3) is 9.30. The third-order valence-corrected chi connectivity index (χ3v) is 4.71. The van der Waals surface area contributed by atoms with E-state index in [2.05, 4.69) is 17.2 Å². The van der Waals surface area contributed by atoms with Gasteiger partial charge < -0.3 is 29.6 Å². The van der Waals surface area contributed by atoms with E-state index in [0.717, 1.165) is 12.8 Å². The van der Waals surface area contributed by atoms with Gasteiger partial charge in [-0.25, -0.2) is 14.4 Å². The average Bonchev–Trinajstić information content (AvgIpc) is 2.70. The van der Waals surface area contributed by atoms with Gasteiger partial charge in [-0.1, -0.05) is 26.5 Å². The number of rotatable bonds is 10. The standard InChI is InChI=1S/C23H38N2O7/c1-8-12-30-21(27)24-17-13-15(20(26)29-11-4)14-18(31-16(9-2)10-3)19(17)25-22(28)32-23(5,6)7/h8,14,16-19H,1,9-13H2,2-7H3,(H,24,27)(H,25,28)/t17-,18+,19+/m0/s1. The molecule has 9 nitrogen and oxygen atoms in total. The minimum absolute atomic E-state index is 0.0248. The van der Waals surface area contributed by atoms with Crippen LogP contribution in [0.2, 0.25) is 0 Å². The molecule has 0 fully saturated rings. The van der Waals surface area contributed by atoms with E-state index >= 15 is 0 Å². The van der Waals surface area contributed by atoms with Crippen molar-refractivity contribution < 1.29 is 33.3 Å². The Morgan fingerprint density at radius 1 is 1.12 bits per heavy atom. The van der Waals surface area contributed by atoms with Crippen LogP contribution in [0.25, 0.3) is 0 Å². The molecule has 0 spiro atoms. The lowest BCUT2D eigenvalue weighted by atomic mass is 9.87. The van der Waals surface area contributed by atoms with Crippen LogP contribution in [0.15, 0.2) is 24.3 Å². The molecule has 9 heteroatoms. The number of carbonyl (C=O) groups excluding carboxylic acids is 3. The number of alkyl carbamates (subject to hydrolysis) is 2. The molecule has 182 valence electrons. The van der Waals surface area contributed by atoms with Gasteiger partial charge in [-0.05, 0) is 46.6 Å². The van der Waals surface area contributed by atoms with Crippen molar-refractivity contribution in [2.45, 2.75) is 90.7 Å². The molecule has 2 N–H and O–H groups in total. The first kappa shape index (κ1) is 27.5. The summed E-state index contributed by atoms with van der Waals surface area (Å²) in [4.78, 5) is 37.3. The second kappa shape index (κ2) is 13.1. The summed E-state index contributed by atoms with van der Waals surface area (Å²) in [5.41, 5.74) is -0.346. The van der Waals surface area contributed by atoms with Gasteiger partial charge in [-0.15, -0.1) is 0 Å². The number of amides is 2. The molecule has 0 aromatic rings. The molecule has 0 aromatic heterocycles. The summed E-state index contributed by atoms with van der Waals surface area (Å²) in [5, 5.41) is 5.54. The van der Waals surface area contributed by atoms with E-state index in [0.29, 0.717) is 5.57 Å². The van der Waals surface area contributed by atoms with Gasteiger partial charge in [-0.3, -0.25) is 0 Å². The number of hydrogen-bond donors (Lipinski definition) is 2. The second-order valence-corrected chi connectivity index (χ2v) is 8.47. The Bertz CT molecular complexity index is 680. The first-order chi connectivity index (χ1) is 15.0. The van der Waals surface area contributed by atoms with E-state index in [-0.39, 0.29) is 25.7 Å². The largest absolute Gasteiger partial charge is 0.463 e. The fourth-order valence-corrected chi connectivity index (χ4v) is 3.26. The highest BCUT2D eigenvalue weighted by molar-refractivity contribution is 5.89. The molecule has 32 heavy (non-hydrogen) atoms. The van der Waals surface area contributed by atoms with Crippen LogP contribution in [-0.2, 0) is 23.7 Å². The Hall–Kier alpha value is -2.55. The van der Waals surface area contributed by atoms with Crippen molar-refractivity contribution in [2.24, 2.45) is 0 Å². The molecule has 3 atom stereocenters. The Kier molecular flexibility index (Phi) is 11.3. The number of hydrogen-bond acceptors (Lipinski definition) is 7. The Morgan fingerprint density at radius 2 is 1.78 bits per heavy atom. The summed E-state index contributed by atoms with van der Waals surface area (Å²) in [6.45, 7) is 14.7. The van der Waals surface area contributed by atoms with Gasteiger partial charge in [0.15, 0.2) is 0 Å². The lowest BCUT2D eigenvalue weighted by Crippen LogP contribution is -2.60. The van der Waals surface area contributed by atoms with Crippen LogP contribution in [-0.4, -0.2) is 61.3 Å². The van der Waals surface area contributed by atoms with Gasteiger partial charge in [-0.2, -0.15) is 0 Å². The van der Waals surface area contributed by atoms with Crippen molar-refractivity contribution in [2.75, 3.05) is 13.2 Å². The Morgan fingerprint density at radius 3 is 2.31 bits per heavy atom. The van der Waals surface area contributed by atoms with Gasteiger partial charge in [0, 0.05) is 12.0 Å². The molecule has 0 radical (unpaired) electrons. The third-order valence-electron chi connectivity index (χ3n) is 4.71. The molecule has 0 unspecified atom stereocenters. The van der Waals surface area contributed by atoms with Crippen LogP contribution in [0.3, 0.4) is 0 Å². The fourth-order valence-electron chi connectivity index (χ4n) is 3.26. The van der Waals surface area contributed by atoms with Crippen LogP contribution in [0.5, 0.6) is 0 Å². The molecule has 0 saturated heterocycles. The van der Waals surface area contributed by atoms with Gasteiger partial charge >= 0.3 is 18.2 Å². The minimum Gasteiger partial charge on any atom is -0.463 e. The topological polar surface area (TPSA) is 112 Å². The Labute approximate surface area is 190 Å². The first-order valence-corrected chi connectivity index (χ1v) is 11.1. The summed E-state index contributed by atoms with van der Waals surface area (Å²) in [7, 11) is 0. The van der Waals surface area contributed by atoms with E-state index < -0.39 is 41.9 Å². The van der Waals surface area contributed by atoms with Gasteiger partial charge in [0.1, 0.15) is 12.2 Å². The molecule has 0 heterocycles. The van der Waals surface area contributed by atoms with Crippen LogP contribution < -0.4 is 10.6 Å². The maximum absolute atomic E-state index is 12.6. The maximum atomic E-state index is 12.6. The summed E-state index contributed by atoms with van der Waals surface area (Å²) >= 11 is 0. The lowest BCUT2D eigenvalue weighted by molar-refractivity contribution is -0.139. The highest BCUT2D eigenvalue weighted by Crippen LogP contribution is 2.26. The molecule has 2 amide bonds. The van der Waals surface area contributed by atoms with Gasteiger partial charge in [0.2, 0.25) is 0 Å². The zero-order chi connectivity index (χ0) is 24.3. The summed E-state index contributed by atoms with van der Waals surface area (Å²) < 4.78 is 21.8. The zero-order valence-corrected chi connectivity index (χ0v) is 20.1. The monoisotopic (exact) mass is 454 g/mol. The number of esters is 1. The van der Waals surface area contributed by atoms with Crippen molar-refractivity contribution in [3.8, 4) is 0 Å². The van der Waals surface area contributed by atoms with Crippen LogP contribution >= 0.6 is 0 Å². The highest BCUT2D eigenvalue weighted by Gasteiger charge is 2.40. The summed E-state index contributed by atoms with van der Waals surface area (Å²) in [6.07, 6.45) is 2.58. The number of nitrogens with one attached hydrogen (secondary N) is 2. The Balaban J connectivity index is 3.26. The van der Waals surface area contributed by atoms with Crippen molar-refractivity contribution in [3.05, 3.63) is 24.3 Å². The molecule has 0 aliphatic heterocycles. The van der Waals surface area contributed by atoms with E-state index in [4.69, 9.17) is 18.9 Å². The van der Waals surface area contributed by atoms with Crippen LogP contribution in [0.1, 0.15) is 60.8 Å². The van der Waals surface area contributed by atoms with Crippen molar-refractivity contribution in [1.82, 2.24) is 10.6 Å².